The van der Waals surface area contributed by atoms with Gasteiger partial charge in [0.05, 0.1) is 15.6 Å². The zero-order chi connectivity index (χ0) is 18.4. The summed E-state index contributed by atoms with van der Waals surface area (Å²) in [5.41, 5.74) is 1.89. The van der Waals surface area contributed by atoms with E-state index in [9.17, 15) is 8.42 Å². The first-order valence-electron chi connectivity index (χ1n) is 7.79. The normalized spacial score (nSPS) is 12.2. The number of aryl methyl sites for hydroxylation is 2. The van der Waals surface area contributed by atoms with Gasteiger partial charge in [0.2, 0.25) is 10.0 Å². The number of nitrogens with zero attached hydrogens (tertiary/aromatic N) is 2. The molecule has 0 saturated carbocycles. The first-order chi connectivity index (χ1) is 11.8. The summed E-state index contributed by atoms with van der Waals surface area (Å²) in [6.07, 6.45) is 0.820. The van der Waals surface area contributed by atoms with Gasteiger partial charge in [-0.25, -0.2) is 18.5 Å². The summed E-state index contributed by atoms with van der Waals surface area (Å²) in [6.45, 7) is 5.24. The standard InChI is InChI=1S/C16H23N5O2S2/c1-11-12(2)24-15(21-11)7-8-19-16(18-3)20-10-13-5-4-6-14(9-13)25(17,22)23/h4-6,9H,7-8,10H2,1-3H3,(H2,17,22,23)(H2,18,19,20). The number of nitrogens with two attached hydrogens (primary N) is 1. The number of hydrogen-bond acceptors (Lipinski definition) is 5. The van der Waals surface area contributed by atoms with Crippen molar-refractivity contribution >= 4 is 27.3 Å². The van der Waals surface area contributed by atoms with Crippen LogP contribution in [0.4, 0.5) is 0 Å². The van der Waals surface area contributed by atoms with E-state index in [1.165, 1.54) is 10.9 Å². The fraction of sp³-hybridized carbons (Fsp3) is 0.375. The zero-order valence-corrected chi connectivity index (χ0v) is 16.2. The molecule has 25 heavy (non-hydrogen) atoms. The number of rotatable bonds is 6. The molecule has 2 aromatic rings. The van der Waals surface area contributed by atoms with Gasteiger partial charge >= 0.3 is 0 Å². The van der Waals surface area contributed by atoms with Crippen LogP contribution in [0.2, 0.25) is 0 Å². The molecule has 0 bridgehead atoms. The molecule has 2 rings (SSSR count). The Bertz CT molecular complexity index is 840. The first kappa shape index (κ1) is 19.4. The Hall–Kier alpha value is -1.97. The van der Waals surface area contributed by atoms with E-state index in [1.807, 2.05) is 13.0 Å². The van der Waals surface area contributed by atoms with Crippen molar-refractivity contribution in [3.8, 4) is 0 Å². The first-order valence-corrected chi connectivity index (χ1v) is 10.1. The highest BCUT2D eigenvalue weighted by Crippen LogP contribution is 2.16. The number of guanidine groups is 1. The molecule has 1 aromatic carbocycles. The van der Waals surface area contributed by atoms with Crippen LogP contribution in [0, 0.1) is 13.8 Å². The summed E-state index contributed by atoms with van der Waals surface area (Å²) < 4.78 is 22.8. The molecule has 0 amide bonds. The minimum Gasteiger partial charge on any atom is -0.356 e. The van der Waals surface area contributed by atoms with Crippen LogP contribution in [0.1, 0.15) is 21.1 Å². The molecule has 9 heteroatoms. The van der Waals surface area contributed by atoms with Crippen molar-refractivity contribution in [3.05, 3.63) is 45.4 Å². The van der Waals surface area contributed by atoms with Crippen molar-refractivity contribution in [1.29, 1.82) is 0 Å². The number of sulfonamides is 1. The summed E-state index contributed by atoms with van der Waals surface area (Å²) in [5, 5.41) is 12.6. The largest absolute Gasteiger partial charge is 0.356 e. The molecule has 0 spiro atoms. The topological polar surface area (TPSA) is 109 Å². The maximum absolute atomic E-state index is 11.4. The Labute approximate surface area is 152 Å². The van der Waals surface area contributed by atoms with E-state index in [-0.39, 0.29) is 4.90 Å². The molecule has 0 atom stereocenters. The highest BCUT2D eigenvalue weighted by atomic mass is 32.2. The van der Waals surface area contributed by atoms with E-state index in [2.05, 4.69) is 27.5 Å². The van der Waals surface area contributed by atoms with Crippen LogP contribution in [-0.4, -0.2) is 33.0 Å². The number of aromatic nitrogens is 1. The molecule has 1 heterocycles. The minimum atomic E-state index is -3.70. The van der Waals surface area contributed by atoms with Gasteiger partial charge in [-0.05, 0) is 31.5 Å². The number of aliphatic imine (C=N–C) groups is 1. The van der Waals surface area contributed by atoms with Gasteiger partial charge in [-0.2, -0.15) is 0 Å². The van der Waals surface area contributed by atoms with Crippen molar-refractivity contribution in [2.24, 2.45) is 10.1 Å². The van der Waals surface area contributed by atoms with E-state index in [1.54, 1.807) is 30.5 Å². The summed E-state index contributed by atoms with van der Waals surface area (Å²) in [5.74, 6) is 0.644. The summed E-state index contributed by atoms with van der Waals surface area (Å²) in [7, 11) is -2.01. The molecule has 0 aliphatic rings. The number of primary sulfonamides is 1. The Morgan fingerprint density at radius 2 is 2.08 bits per heavy atom. The fourth-order valence-corrected chi connectivity index (χ4v) is 3.69. The van der Waals surface area contributed by atoms with Gasteiger partial charge in [-0.15, -0.1) is 11.3 Å². The lowest BCUT2D eigenvalue weighted by atomic mass is 10.2. The van der Waals surface area contributed by atoms with Crippen LogP contribution in [0.15, 0.2) is 34.2 Å². The molecule has 0 unspecified atom stereocenters. The van der Waals surface area contributed by atoms with Crippen molar-refractivity contribution < 1.29 is 8.42 Å². The van der Waals surface area contributed by atoms with Gasteiger partial charge in [0.15, 0.2) is 5.96 Å². The third-order valence-electron chi connectivity index (χ3n) is 3.61. The quantitative estimate of drug-likeness (QED) is 0.516. The molecule has 4 N–H and O–H groups in total. The summed E-state index contributed by atoms with van der Waals surface area (Å²) in [6, 6.07) is 6.52. The second-order valence-electron chi connectivity index (χ2n) is 5.54. The monoisotopic (exact) mass is 381 g/mol. The average molecular weight is 382 g/mol. The van der Waals surface area contributed by atoms with E-state index in [0.29, 0.717) is 19.0 Å². The van der Waals surface area contributed by atoms with Crippen molar-refractivity contribution in [2.45, 2.75) is 31.7 Å². The highest BCUT2D eigenvalue weighted by Gasteiger charge is 2.08. The van der Waals surface area contributed by atoms with E-state index in [0.717, 1.165) is 22.7 Å². The summed E-state index contributed by atoms with van der Waals surface area (Å²) in [4.78, 5) is 10.0. The predicted octanol–water partition coefficient (Wildman–Crippen LogP) is 1.32. The Kier molecular flexibility index (Phi) is 6.51. The van der Waals surface area contributed by atoms with E-state index in [4.69, 9.17) is 5.14 Å². The van der Waals surface area contributed by atoms with Gasteiger partial charge in [-0.3, -0.25) is 4.99 Å². The van der Waals surface area contributed by atoms with Gasteiger partial charge < -0.3 is 10.6 Å². The lowest BCUT2D eigenvalue weighted by molar-refractivity contribution is 0.597. The van der Waals surface area contributed by atoms with Gasteiger partial charge in [0.1, 0.15) is 0 Å². The minimum absolute atomic E-state index is 0.101. The number of hydrogen-bond donors (Lipinski definition) is 3. The lowest BCUT2D eigenvalue weighted by Crippen LogP contribution is -2.37. The van der Waals surface area contributed by atoms with Crippen LogP contribution in [0.5, 0.6) is 0 Å². The Morgan fingerprint density at radius 3 is 2.68 bits per heavy atom. The van der Waals surface area contributed by atoms with Crippen molar-refractivity contribution in [1.82, 2.24) is 15.6 Å². The van der Waals surface area contributed by atoms with Crippen molar-refractivity contribution in [3.63, 3.8) is 0 Å². The SMILES string of the molecule is CN=C(NCCc1nc(C)c(C)s1)NCc1cccc(S(N)(=O)=O)c1. The van der Waals surface area contributed by atoms with Crippen LogP contribution in [-0.2, 0) is 23.0 Å². The molecule has 7 nitrogen and oxygen atoms in total. The number of nitrogens with one attached hydrogen (secondary N) is 2. The van der Waals surface area contributed by atoms with Gasteiger partial charge in [0.25, 0.3) is 0 Å². The second-order valence-corrected chi connectivity index (χ2v) is 8.39. The molecule has 136 valence electrons. The molecule has 0 saturated heterocycles. The second kappa shape index (κ2) is 8.41. The molecule has 0 aliphatic heterocycles. The van der Waals surface area contributed by atoms with Crippen molar-refractivity contribution in [2.75, 3.05) is 13.6 Å². The predicted molar refractivity (Wildman–Crippen MR) is 101 cm³/mol. The maximum atomic E-state index is 11.4. The molecule has 0 aliphatic carbocycles. The fourth-order valence-electron chi connectivity index (χ4n) is 2.17. The summed E-state index contributed by atoms with van der Waals surface area (Å²) >= 11 is 1.71. The smallest absolute Gasteiger partial charge is 0.238 e. The third-order valence-corrected chi connectivity index (χ3v) is 5.66. The van der Waals surface area contributed by atoms with E-state index >= 15 is 0 Å². The van der Waals surface area contributed by atoms with E-state index < -0.39 is 10.0 Å². The van der Waals surface area contributed by atoms with Gasteiger partial charge in [0, 0.05) is 31.4 Å². The van der Waals surface area contributed by atoms with Gasteiger partial charge in [-0.1, -0.05) is 12.1 Å². The average Bonchev–Trinajstić information content (AvgIpc) is 2.88. The van der Waals surface area contributed by atoms with Crippen LogP contribution >= 0.6 is 11.3 Å². The molecule has 0 radical (unpaired) electrons. The third kappa shape index (κ3) is 5.80. The molecular weight excluding hydrogens is 358 g/mol. The molecule has 1 aromatic heterocycles. The van der Waals surface area contributed by atoms with Crippen LogP contribution in [0.3, 0.4) is 0 Å². The molecular formula is C16H23N5O2S2. The lowest BCUT2D eigenvalue weighted by Gasteiger charge is -2.12. The number of thiazole rings is 1. The van der Waals surface area contributed by atoms with Crippen LogP contribution < -0.4 is 15.8 Å². The zero-order valence-electron chi connectivity index (χ0n) is 14.5. The number of benzene rings is 1. The molecule has 0 fully saturated rings. The maximum Gasteiger partial charge on any atom is 0.238 e. The Morgan fingerprint density at radius 1 is 1.32 bits per heavy atom. The van der Waals surface area contributed by atoms with Crippen LogP contribution in [0.25, 0.3) is 0 Å². The highest BCUT2D eigenvalue weighted by molar-refractivity contribution is 7.89. The Balaban J connectivity index is 1.86.